The fourth-order valence-corrected chi connectivity index (χ4v) is 4.69. The van der Waals surface area contributed by atoms with E-state index in [1.54, 1.807) is 18.2 Å². The van der Waals surface area contributed by atoms with Gasteiger partial charge in [-0.05, 0) is 50.6 Å². The number of methoxy groups -OCH3 is 1. The summed E-state index contributed by atoms with van der Waals surface area (Å²) in [6.45, 7) is 5.71. The molecule has 33 heavy (non-hydrogen) atoms. The lowest BCUT2D eigenvalue weighted by Crippen LogP contribution is -2.29. The number of hydrogen-bond acceptors (Lipinski definition) is 8. The zero-order chi connectivity index (χ0) is 23.3. The normalized spacial score (nSPS) is 15.4. The molecule has 1 aliphatic heterocycles. The number of ether oxygens (including phenoxy) is 2. The quantitative estimate of drug-likeness (QED) is 0.430. The Balaban J connectivity index is 1.72. The molecular formula is C24H21N3O5S. The van der Waals surface area contributed by atoms with Crippen LogP contribution in [0.3, 0.4) is 0 Å². The molecule has 0 N–H and O–H groups in total. The lowest BCUT2D eigenvalue weighted by Gasteiger charge is -2.22. The summed E-state index contributed by atoms with van der Waals surface area (Å²) in [5.41, 5.74) is 1.05. The third-order valence-electron chi connectivity index (χ3n) is 5.37. The highest BCUT2D eigenvalue weighted by atomic mass is 32.1. The van der Waals surface area contributed by atoms with E-state index in [1.807, 2.05) is 45.0 Å². The van der Waals surface area contributed by atoms with Crippen LogP contribution < -0.4 is 19.8 Å². The number of aryl methyl sites for hydroxylation is 1. The van der Waals surface area contributed by atoms with Crippen molar-refractivity contribution in [2.75, 3.05) is 12.0 Å². The largest absolute Gasteiger partial charge is 0.497 e. The Labute approximate surface area is 193 Å². The van der Waals surface area contributed by atoms with Crippen LogP contribution in [0.4, 0.5) is 5.13 Å². The fourth-order valence-electron chi connectivity index (χ4n) is 3.98. The van der Waals surface area contributed by atoms with Crippen molar-refractivity contribution in [1.82, 2.24) is 10.2 Å². The van der Waals surface area contributed by atoms with Crippen LogP contribution >= 0.6 is 11.3 Å². The van der Waals surface area contributed by atoms with Crippen LogP contribution in [0.1, 0.15) is 46.6 Å². The van der Waals surface area contributed by atoms with Gasteiger partial charge in [-0.3, -0.25) is 14.5 Å². The van der Waals surface area contributed by atoms with Gasteiger partial charge in [-0.25, -0.2) is 0 Å². The lowest BCUT2D eigenvalue weighted by molar-refractivity contribution is 0.0970. The number of nitrogens with zero attached hydrogens (tertiary/aromatic N) is 3. The maximum absolute atomic E-state index is 13.6. The maximum atomic E-state index is 13.6. The zero-order valence-electron chi connectivity index (χ0n) is 18.5. The minimum atomic E-state index is -0.698. The topological polar surface area (TPSA) is 94.8 Å². The summed E-state index contributed by atoms with van der Waals surface area (Å²) in [6.07, 6.45) is 0.0286. The smallest absolute Gasteiger partial charge is 0.297 e. The minimum absolute atomic E-state index is 0.00103. The second kappa shape index (κ2) is 8.00. The first kappa shape index (κ1) is 21.1. The molecule has 8 nitrogen and oxygen atoms in total. The highest BCUT2D eigenvalue weighted by Gasteiger charge is 2.45. The zero-order valence-corrected chi connectivity index (χ0v) is 19.3. The van der Waals surface area contributed by atoms with Gasteiger partial charge in [0.25, 0.3) is 5.91 Å². The van der Waals surface area contributed by atoms with E-state index in [0.29, 0.717) is 32.6 Å². The molecule has 2 aromatic heterocycles. The van der Waals surface area contributed by atoms with E-state index in [2.05, 4.69) is 10.2 Å². The fraction of sp³-hybridized carbons (Fsp3) is 0.250. The van der Waals surface area contributed by atoms with Gasteiger partial charge in [0.05, 0.1) is 30.2 Å². The molecule has 9 heteroatoms. The SMILES string of the molecule is COc1ccc2c(=O)c3c(oc2c1)C(=O)N(c1nnc(C)s1)C3c1ccc(OC(C)C)cc1. The summed E-state index contributed by atoms with van der Waals surface area (Å²) in [4.78, 5) is 28.6. The predicted molar refractivity (Wildman–Crippen MR) is 125 cm³/mol. The molecule has 3 heterocycles. The van der Waals surface area contributed by atoms with E-state index < -0.39 is 11.9 Å². The first-order valence-corrected chi connectivity index (χ1v) is 11.2. The Morgan fingerprint density at radius 1 is 1.06 bits per heavy atom. The van der Waals surface area contributed by atoms with Crippen LogP contribution in [0, 0.1) is 6.92 Å². The molecule has 4 aromatic rings. The van der Waals surface area contributed by atoms with E-state index in [0.717, 1.165) is 5.56 Å². The Bertz CT molecular complexity index is 1420. The number of carbonyl (C=O) groups excluding carboxylic acids is 1. The van der Waals surface area contributed by atoms with Gasteiger partial charge in [0.2, 0.25) is 10.9 Å². The number of fused-ring (bicyclic) bond motifs is 2. The van der Waals surface area contributed by atoms with Gasteiger partial charge in [-0.1, -0.05) is 23.5 Å². The molecule has 0 fully saturated rings. The molecule has 1 amide bonds. The van der Waals surface area contributed by atoms with Gasteiger partial charge >= 0.3 is 0 Å². The Kier molecular flexibility index (Phi) is 5.13. The second-order valence-electron chi connectivity index (χ2n) is 7.95. The third-order valence-corrected chi connectivity index (χ3v) is 6.21. The van der Waals surface area contributed by atoms with Gasteiger partial charge in [0.15, 0.2) is 5.43 Å². The third kappa shape index (κ3) is 3.54. The van der Waals surface area contributed by atoms with E-state index in [9.17, 15) is 9.59 Å². The van der Waals surface area contributed by atoms with Crippen LogP contribution in [-0.4, -0.2) is 29.3 Å². The molecule has 2 aromatic carbocycles. The molecule has 0 radical (unpaired) electrons. The van der Waals surface area contributed by atoms with Crippen molar-refractivity contribution in [1.29, 1.82) is 0 Å². The van der Waals surface area contributed by atoms with Gasteiger partial charge in [-0.2, -0.15) is 0 Å². The number of rotatable bonds is 5. The Morgan fingerprint density at radius 2 is 1.79 bits per heavy atom. The molecular weight excluding hydrogens is 442 g/mol. The van der Waals surface area contributed by atoms with Gasteiger partial charge in [0.1, 0.15) is 22.1 Å². The van der Waals surface area contributed by atoms with E-state index in [4.69, 9.17) is 13.9 Å². The van der Waals surface area contributed by atoms with Crippen molar-refractivity contribution in [3.05, 3.63) is 74.6 Å². The van der Waals surface area contributed by atoms with Gasteiger partial charge in [0, 0.05) is 6.07 Å². The van der Waals surface area contributed by atoms with Crippen molar-refractivity contribution >= 4 is 33.3 Å². The summed E-state index contributed by atoms with van der Waals surface area (Å²) in [5, 5.41) is 9.73. The molecule has 0 aliphatic carbocycles. The number of carbonyl (C=O) groups is 1. The second-order valence-corrected chi connectivity index (χ2v) is 9.11. The number of hydrogen-bond donors (Lipinski definition) is 0. The Morgan fingerprint density at radius 3 is 2.42 bits per heavy atom. The van der Waals surface area contributed by atoms with Crippen LogP contribution in [0.25, 0.3) is 11.0 Å². The minimum Gasteiger partial charge on any atom is -0.497 e. The van der Waals surface area contributed by atoms with Crippen LogP contribution in [0.2, 0.25) is 0 Å². The molecule has 1 atom stereocenters. The molecule has 0 saturated heterocycles. The highest BCUT2D eigenvalue weighted by Crippen LogP contribution is 2.42. The van der Waals surface area contributed by atoms with E-state index in [-0.39, 0.29) is 22.9 Å². The van der Waals surface area contributed by atoms with E-state index >= 15 is 0 Å². The molecule has 1 unspecified atom stereocenters. The number of aromatic nitrogens is 2. The van der Waals surface area contributed by atoms with Crippen molar-refractivity contribution in [2.24, 2.45) is 0 Å². The van der Waals surface area contributed by atoms with Crippen molar-refractivity contribution in [3.63, 3.8) is 0 Å². The van der Waals surface area contributed by atoms with Crippen LogP contribution in [-0.2, 0) is 0 Å². The number of amides is 1. The highest BCUT2D eigenvalue weighted by molar-refractivity contribution is 7.15. The standard InChI is InChI=1S/C24H21N3O5S/c1-12(2)31-15-7-5-14(6-8-15)20-19-21(28)17-10-9-16(30-4)11-18(17)32-22(19)23(29)27(20)24-26-25-13(3)33-24/h5-12,20H,1-4H3. The van der Waals surface area contributed by atoms with Crippen molar-refractivity contribution < 1.29 is 18.7 Å². The first-order chi connectivity index (χ1) is 15.9. The first-order valence-electron chi connectivity index (χ1n) is 10.4. The monoisotopic (exact) mass is 463 g/mol. The summed E-state index contributed by atoms with van der Waals surface area (Å²) in [5.74, 6) is 0.802. The molecule has 168 valence electrons. The summed E-state index contributed by atoms with van der Waals surface area (Å²) in [7, 11) is 1.53. The van der Waals surface area contributed by atoms with Gasteiger partial charge in [-0.15, -0.1) is 10.2 Å². The molecule has 5 rings (SSSR count). The van der Waals surface area contributed by atoms with E-state index in [1.165, 1.54) is 23.3 Å². The number of benzene rings is 2. The van der Waals surface area contributed by atoms with Crippen LogP contribution in [0.15, 0.2) is 51.7 Å². The summed E-state index contributed by atoms with van der Waals surface area (Å²) < 4.78 is 17.0. The number of anilines is 1. The Hall–Kier alpha value is -3.72. The predicted octanol–water partition coefficient (Wildman–Crippen LogP) is 4.50. The van der Waals surface area contributed by atoms with Crippen LogP contribution in [0.5, 0.6) is 11.5 Å². The van der Waals surface area contributed by atoms with Crippen molar-refractivity contribution in [3.8, 4) is 11.5 Å². The molecule has 0 saturated carbocycles. The summed E-state index contributed by atoms with van der Waals surface area (Å²) >= 11 is 1.28. The average molecular weight is 464 g/mol. The summed E-state index contributed by atoms with van der Waals surface area (Å²) in [6, 6.07) is 11.6. The van der Waals surface area contributed by atoms with Crippen molar-refractivity contribution in [2.45, 2.75) is 32.9 Å². The average Bonchev–Trinajstić information content (AvgIpc) is 3.34. The lowest BCUT2D eigenvalue weighted by atomic mass is 9.98. The molecule has 0 spiro atoms. The molecule has 0 bridgehead atoms. The molecule has 1 aliphatic rings. The maximum Gasteiger partial charge on any atom is 0.297 e. The van der Waals surface area contributed by atoms with Gasteiger partial charge < -0.3 is 13.9 Å².